The van der Waals surface area contributed by atoms with Gasteiger partial charge in [0.1, 0.15) is 0 Å². The molecule has 0 amide bonds. The summed E-state index contributed by atoms with van der Waals surface area (Å²) in [5, 5.41) is -0.140. The van der Waals surface area contributed by atoms with E-state index in [1.54, 1.807) is 0 Å². The number of sulfonamides is 1. The maximum atomic E-state index is 13.2. The molecule has 112 valence electrons. The van der Waals surface area contributed by atoms with E-state index in [1.807, 2.05) is 0 Å². The number of hydrogen-bond acceptors (Lipinski definition) is 2. The van der Waals surface area contributed by atoms with E-state index in [9.17, 15) is 12.8 Å². The van der Waals surface area contributed by atoms with Crippen molar-refractivity contribution in [1.82, 2.24) is 4.72 Å². The highest BCUT2D eigenvalue weighted by Gasteiger charge is 2.52. The van der Waals surface area contributed by atoms with Gasteiger partial charge >= 0.3 is 0 Å². The lowest BCUT2D eigenvalue weighted by Crippen LogP contribution is -2.38. The summed E-state index contributed by atoms with van der Waals surface area (Å²) in [6.07, 6.45) is 8.25. The molecule has 19 heavy (non-hydrogen) atoms. The van der Waals surface area contributed by atoms with E-state index in [1.165, 1.54) is 0 Å². The molecule has 0 heterocycles. The lowest BCUT2D eigenvalue weighted by molar-refractivity contribution is 0.400. The van der Waals surface area contributed by atoms with Crippen LogP contribution in [0.2, 0.25) is 0 Å². The lowest BCUT2D eigenvalue weighted by atomic mass is 10.0. The molecule has 2 saturated carbocycles. The van der Waals surface area contributed by atoms with Crippen LogP contribution >= 0.6 is 15.9 Å². The SMILES string of the molecule is O=S(=O)(NCCCCCCC1CC1(F)Br)C1CCC1. The van der Waals surface area contributed by atoms with Crippen molar-refractivity contribution in [2.75, 3.05) is 6.54 Å². The quantitative estimate of drug-likeness (QED) is 0.508. The third kappa shape index (κ3) is 4.67. The molecule has 0 aromatic rings. The maximum absolute atomic E-state index is 13.2. The molecule has 0 aromatic carbocycles. The first-order valence-electron chi connectivity index (χ1n) is 7.28. The summed E-state index contributed by atoms with van der Waals surface area (Å²) in [4.78, 5) is 0. The van der Waals surface area contributed by atoms with Gasteiger partial charge in [0.25, 0.3) is 0 Å². The summed E-state index contributed by atoms with van der Waals surface area (Å²) >= 11 is 3.05. The van der Waals surface area contributed by atoms with Crippen LogP contribution in [-0.4, -0.2) is 24.8 Å². The molecular weight excluding hydrogens is 333 g/mol. The smallest absolute Gasteiger partial charge is 0.214 e. The molecule has 2 aliphatic carbocycles. The van der Waals surface area contributed by atoms with Crippen molar-refractivity contribution < 1.29 is 12.8 Å². The van der Waals surface area contributed by atoms with E-state index >= 15 is 0 Å². The minimum Gasteiger partial charge on any atom is -0.231 e. The molecule has 0 saturated heterocycles. The van der Waals surface area contributed by atoms with E-state index in [0.717, 1.165) is 51.4 Å². The molecule has 2 atom stereocenters. The van der Waals surface area contributed by atoms with Gasteiger partial charge in [0.05, 0.1) is 5.25 Å². The zero-order valence-corrected chi connectivity index (χ0v) is 13.6. The van der Waals surface area contributed by atoms with Gasteiger partial charge in [0.2, 0.25) is 10.0 Å². The molecule has 6 heteroatoms. The fourth-order valence-corrected chi connectivity index (χ4v) is 4.70. The Balaban J connectivity index is 1.44. The normalized spacial score (nSPS) is 31.2. The fourth-order valence-electron chi connectivity index (χ4n) is 2.47. The second-order valence-electron chi connectivity index (χ2n) is 5.86. The van der Waals surface area contributed by atoms with Crippen molar-refractivity contribution in [3.05, 3.63) is 0 Å². The molecule has 0 spiro atoms. The highest BCUT2D eigenvalue weighted by molar-refractivity contribution is 9.10. The van der Waals surface area contributed by atoms with E-state index < -0.39 is 14.6 Å². The summed E-state index contributed by atoms with van der Waals surface area (Å²) in [5.74, 6) is 0.199. The van der Waals surface area contributed by atoms with E-state index in [-0.39, 0.29) is 11.2 Å². The first-order chi connectivity index (χ1) is 8.92. The minimum atomic E-state index is -3.04. The maximum Gasteiger partial charge on any atom is 0.214 e. The molecule has 0 aliphatic heterocycles. The molecule has 2 rings (SSSR count). The second-order valence-corrected chi connectivity index (χ2v) is 9.22. The molecule has 0 bridgehead atoms. The van der Waals surface area contributed by atoms with Crippen molar-refractivity contribution in [2.45, 2.75) is 67.6 Å². The van der Waals surface area contributed by atoms with Crippen LogP contribution in [0.3, 0.4) is 0 Å². The van der Waals surface area contributed by atoms with E-state index in [2.05, 4.69) is 20.7 Å². The number of alkyl halides is 2. The molecule has 0 aromatic heterocycles. The lowest BCUT2D eigenvalue weighted by Gasteiger charge is -2.25. The Labute approximate surface area is 123 Å². The summed E-state index contributed by atoms with van der Waals surface area (Å²) in [6, 6.07) is 0. The Kier molecular flexibility index (Phi) is 5.28. The number of halogens is 2. The van der Waals surface area contributed by atoms with Crippen LogP contribution in [0, 0.1) is 5.92 Å². The predicted octanol–water partition coefficient (Wildman–Crippen LogP) is 3.49. The average Bonchev–Trinajstić information content (AvgIpc) is 2.81. The molecule has 0 radical (unpaired) electrons. The van der Waals surface area contributed by atoms with Crippen molar-refractivity contribution in [3.63, 3.8) is 0 Å². The van der Waals surface area contributed by atoms with Crippen LogP contribution in [0.15, 0.2) is 0 Å². The first kappa shape index (κ1) is 15.7. The van der Waals surface area contributed by atoms with Crippen LogP contribution in [0.25, 0.3) is 0 Å². The van der Waals surface area contributed by atoms with Crippen LogP contribution in [0.1, 0.15) is 57.8 Å². The summed E-state index contributed by atoms with van der Waals surface area (Å²) < 4.78 is 38.2. The fraction of sp³-hybridized carbons (Fsp3) is 1.00. The van der Waals surface area contributed by atoms with Crippen LogP contribution in [0.4, 0.5) is 4.39 Å². The van der Waals surface area contributed by atoms with Crippen LogP contribution in [-0.2, 0) is 10.0 Å². The highest BCUT2D eigenvalue weighted by atomic mass is 79.9. The van der Waals surface area contributed by atoms with Gasteiger partial charge in [-0.3, -0.25) is 0 Å². The zero-order valence-electron chi connectivity index (χ0n) is 11.2. The van der Waals surface area contributed by atoms with Gasteiger partial charge in [-0.05, 0) is 48.0 Å². The van der Waals surface area contributed by atoms with Crippen LogP contribution in [0.5, 0.6) is 0 Å². The number of rotatable bonds is 9. The Morgan fingerprint density at radius 1 is 1.21 bits per heavy atom. The third-order valence-electron chi connectivity index (χ3n) is 4.23. The Bertz CT molecular complexity index is 395. The molecular formula is C13H23BrFNO2S. The first-order valence-corrected chi connectivity index (χ1v) is 9.62. The molecule has 2 unspecified atom stereocenters. The van der Waals surface area contributed by atoms with Gasteiger partial charge in [-0.1, -0.05) is 25.7 Å². The Morgan fingerprint density at radius 2 is 1.84 bits per heavy atom. The summed E-state index contributed by atoms with van der Waals surface area (Å²) in [5.41, 5.74) is 0. The van der Waals surface area contributed by atoms with Gasteiger partial charge < -0.3 is 0 Å². The van der Waals surface area contributed by atoms with Crippen molar-refractivity contribution in [3.8, 4) is 0 Å². The van der Waals surface area contributed by atoms with Gasteiger partial charge in [0, 0.05) is 12.5 Å². The largest absolute Gasteiger partial charge is 0.231 e. The summed E-state index contributed by atoms with van der Waals surface area (Å²) in [6.45, 7) is 0.549. The summed E-state index contributed by atoms with van der Waals surface area (Å²) in [7, 11) is -3.04. The van der Waals surface area contributed by atoms with Gasteiger partial charge in [0.15, 0.2) is 4.58 Å². The van der Waals surface area contributed by atoms with Gasteiger partial charge in [-0.2, -0.15) is 0 Å². The monoisotopic (exact) mass is 355 g/mol. The number of hydrogen-bond donors (Lipinski definition) is 1. The standard InChI is InChI=1S/C13H23BrFNO2S/c14-13(15)10-11(13)6-3-1-2-4-9-16-19(17,18)12-7-5-8-12/h11-12,16H,1-10H2. The molecule has 1 N–H and O–H groups in total. The van der Waals surface area contributed by atoms with E-state index in [0.29, 0.717) is 13.0 Å². The Morgan fingerprint density at radius 3 is 2.37 bits per heavy atom. The average molecular weight is 356 g/mol. The van der Waals surface area contributed by atoms with Gasteiger partial charge in [-0.25, -0.2) is 17.5 Å². The molecule has 2 aliphatic rings. The minimum absolute atomic E-state index is 0.140. The highest BCUT2D eigenvalue weighted by Crippen LogP contribution is 2.54. The number of nitrogens with one attached hydrogen (secondary N) is 1. The van der Waals surface area contributed by atoms with Crippen molar-refractivity contribution in [1.29, 1.82) is 0 Å². The van der Waals surface area contributed by atoms with Crippen LogP contribution < -0.4 is 4.72 Å². The van der Waals surface area contributed by atoms with Crippen molar-refractivity contribution >= 4 is 26.0 Å². The topological polar surface area (TPSA) is 46.2 Å². The Hall–Kier alpha value is 0.320. The third-order valence-corrected chi connectivity index (χ3v) is 7.16. The zero-order chi connectivity index (χ0) is 13.9. The van der Waals surface area contributed by atoms with Crippen molar-refractivity contribution in [2.24, 2.45) is 5.92 Å². The van der Waals surface area contributed by atoms with E-state index in [4.69, 9.17) is 0 Å². The van der Waals surface area contributed by atoms with Gasteiger partial charge in [-0.15, -0.1) is 0 Å². The molecule has 2 fully saturated rings. The second kappa shape index (κ2) is 6.39. The number of unbranched alkanes of at least 4 members (excludes halogenated alkanes) is 3. The molecule has 3 nitrogen and oxygen atoms in total. The predicted molar refractivity (Wildman–Crippen MR) is 78.5 cm³/mol.